The molecule has 0 aromatic rings. The molecule has 46 valence electrons. The summed E-state index contributed by atoms with van der Waals surface area (Å²) in [4.78, 5) is 0. The van der Waals surface area contributed by atoms with Crippen LogP contribution < -0.4 is 0 Å². The summed E-state index contributed by atoms with van der Waals surface area (Å²) < 4.78 is 0. The van der Waals surface area contributed by atoms with E-state index in [0.29, 0.717) is 0 Å². The third kappa shape index (κ3) is 0.340. The Morgan fingerprint density at radius 3 is 2.50 bits per heavy atom. The first-order chi connectivity index (χ1) is 3.77. The molecular weight excluding hydrogens is 96.1 g/mol. The SMILES string of the molecule is CCC1CC2CC12C. The van der Waals surface area contributed by atoms with Gasteiger partial charge in [-0.15, -0.1) is 0 Å². The Hall–Kier alpha value is 0. The zero-order valence-electron chi connectivity index (χ0n) is 5.78. The van der Waals surface area contributed by atoms with Crippen molar-refractivity contribution in [3.8, 4) is 0 Å². The first kappa shape index (κ1) is 4.84. The van der Waals surface area contributed by atoms with Gasteiger partial charge >= 0.3 is 0 Å². The van der Waals surface area contributed by atoms with Crippen LogP contribution in [-0.2, 0) is 0 Å². The van der Waals surface area contributed by atoms with Gasteiger partial charge in [-0.2, -0.15) is 0 Å². The molecule has 2 aliphatic rings. The zero-order valence-corrected chi connectivity index (χ0v) is 5.78. The summed E-state index contributed by atoms with van der Waals surface area (Å²) in [6, 6.07) is 0. The van der Waals surface area contributed by atoms with Crippen molar-refractivity contribution < 1.29 is 0 Å². The van der Waals surface area contributed by atoms with Crippen LogP contribution in [-0.4, -0.2) is 0 Å². The molecule has 0 aliphatic heterocycles. The van der Waals surface area contributed by atoms with Crippen LogP contribution in [0.4, 0.5) is 0 Å². The molecule has 2 fully saturated rings. The second kappa shape index (κ2) is 1.12. The van der Waals surface area contributed by atoms with E-state index < -0.39 is 0 Å². The lowest BCUT2D eigenvalue weighted by Crippen LogP contribution is -2.24. The Bertz CT molecular complexity index is 117. The largest absolute Gasteiger partial charge is 0.0651 e. The van der Waals surface area contributed by atoms with Gasteiger partial charge in [-0.1, -0.05) is 20.3 Å². The van der Waals surface area contributed by atoms with E-state index >= 15 is 0 Å². The highest BCUT2D eigenvalue weighted by molar-refractivity contribution is 5.12. The Kier molecular flexibility index (Phi) is 0.678. The predicted octanol–water partition coefficient (Wildman–Crippen LogP) is 2.44. The Morgan fingerprint density at radius 1 is 1.62 bits per heavy atom. The summed E-state index contributed by atoms with van der Waals surface area (Å²) in [6.45, 7) is 4.78. The Labute approximate surface area is 51.3 Å². The highest BCUT2D eigenvalue weighted by atomic mass is 14.7. The standard InChI is InChI=1S/C8H14/c1-3-6-4-7-5-8(6,7)2/h6-7H,3-5H2,1-2H3. The zero-order chi connectivity index (χ0) is 5.78. The number of rotatable bonds is 1. The van der Waals surface area contributed by atoms with Gasteiger partial charge in [0.2, 0.25) is 0 Å². The topological polar surface area (TPSA) is 0 Å². The summed E-state index contributed by atoms with van der Waals surface area (Å²) in [5.41, 5.74) is 0.856. The first-order valence-electron chi connectivity index (χ1n) is 3.77. The lowest BCUT2D eigenvalue weighted by molar-refractivity contribution is 0.172. The van der Waals surface area contributed by atoms with E-state index in [1.165, 1.54) is 6.42 Å². The second-order valence-electron chi connectivity index (χ2n) is 3.75. The predicted molar refractivity (Wildman–Crippen MR) is 34.6 cm³/mol. The van der Waals surface area contributed by atoms with Gasteiger partial charge in [0, 0.05) is 0 Å². The van der Waals surface area contributed by atoms with Crippen molar-refractivity contribution in [2.75, 3.05) is 0 Å². The fourth-order valence-corrected chi connectivity index (χ4v) is 2.41. The fraction of sp³-hybridized carbons (Fsp3) is 1.00. The van der Waals surface area contributed by atoms with Gasteiger partial charge in [-0.05, 0) is 30.1 Å². The van der Waals surface area contributed by atoms with E-state index in [-0.39, 0.29) is 0 Å². The molecule has 0 amide bonds. The molecular formula is C8H14. The third-order valence-electron chi connectivity index (χ3n) is 3.45. The molecule has 0 aromatic heterocycles. The van der Waals surface area contributed by atoms with Gasteiger partial charge in [0.15, 0.2) is 0 Å². The Balaban J connectivity index is 2.03. The van der Waals surface area contributed by atoms with Gasteiger partial charge in [0.25, 0.3) is 0 Å². The van der Waals surface area contributed by atoms with E-state index in [0.717, 1.165) is 17.3 Å². The molecule has 8 heavy (non-hydrogen) atoms. The molecule has 0 bridgehead atoms. The monoisotopic (exact) mass is 110 g/mol. The van der Waals surface area contributed by atoms with Crippen molar-refractivity contribution in [2.24, 2.45) is 17.3 Å². The minimum atomic E-state index is 0.856. The van der Waals surface area contributed by atoms with Crippen molar-refractivity contribution >= 4 is 0 Å². The summed E-state index contributed by atoms with van der Waals surface area (Å²) in [5, 5.41) is 0. The molecule has 0 N–H and O–H groups in total. The van der Waals surface area contributed by atoms with E-state index in [9.17, 15) is 0 Å². The van der Waals surface area contributed by atoms with E-state index in [1.54, 1.807) is 12.8 Å². The molecule has 0 heteroatoms. The molecule has 0 radical (unpaired) electrons. The minimum Gasteiger partial charge on any atom is -0.0651 e. The van der Waals surface area contributed by atoms with Crippen LogP contribution in [0, 0.1) is 17.3 Å². The molecule has 0 saturated heterocycles. The molecule has 3 unspecified atom stereocenters. The summed E-state index contributed by atoms with van der Waals surface area (Å²) in [7, 11) is 0. The van der Waals surface area contributed by atoms with Gasteiger partial charge in [0.1, 0.15) is 0 Å². The van der Waals surface area contributed by atoms with Crippen LogP contribution in [0.1, 0.15) is 33.1 Å². The maximum Gasteiger partial charge on any atom is -0.0266 e. The van der Waals surface area contributed by atoms with E-state index in [2.05, 4.69) is 13.8 Å². The van der Waals surface area contributed by atoms with Crippen molar-refractivity contribution in [3.63, 3.8) is 0 Å². The van der Waals surface area contributed by atoms with Crippen LogP contribution >= 0.6 is 0 Å². The van der Waals surface area contributed by atoms with Gasteiger partial charge < -0.3 is 0 Å². The van der Waals surface area contributed by atoms with Crippen molar-refractivity contribution in [2.45, 2.75) is 33.1 Å². The van der Waals surface area contributed by atoms with Crippen molar-refractivity contribution in [1.29, 1.82) is 0 Å². The first-order valence-corrected chi connectivity index (χ1v) is 3.77. The molecule has 2 saturated carbocycles. The second-order valence-corrected chi connectivity index (χ2v) is 3.75. The summed E-state index contributed by atoms with van der Waals surface area (Å²) in [6.07, 6.45) is 4.52. The molecule has 2 aliphatic carbocycles. The van der Waals surface area contributed by atoms with Gasteiger partial charge in [-0.3, -0.25) is 0 Å². The summed E-state index contributed by atoms with van der Waals surface area (Å²) >= 11 is 0. The highest BCUT2D eigenvalue weighted by Gasteiger charge is 2.62. The molecule has 2 rings (SSSR count). The molecule has 0 nitrogen and oxygen atoms in total. The minimum absolute atomic E-state index is 0.856. The van der Waals surface area contributed by atoms with Gasteiger partial charge in [-0.25, -0.2) is 0 Å². The normalized spacial score (nSPS) is 59.2. The Morgan fingerprint density at radius 2 is 2.38 bits per heavy atom. The van der Waals surface area contributed by atoms with E-state index in [4.69, 9.17) is 0 Å². The van der Waals surface area contributed by atoms with Crippen molar-refractivity contribution in [3.05, 3.63) is 0 Å². The molecule has 3 atom stereocenters. The number of hydrogen-bond acceptors (Lipinski definition) is 0. The molecule has 0 spiro atoms. The molecule has 0 heterocycles. The number of hydrogen-bond donors (Lipinski definition) is 0. The van der Waals surface area contributed by atoms with E-state index in [1.807, 2.05) is 0 Å². The van der Waals surface area contributed by atoms with Crippen LogP contribution in [0.3, 0.4) is 0 Å². The van der Waals surface area contributed by atoms with Crippen LogP contribution in [0.5, 0.6) is 0 Å². The average Bonchev–Trinajstić information content (AvgIpc) is 2.21. The molecule has 0 aromatic carbocycles. The quantitative estimate of drug-likeness (QED) is 0.486. The highest BCUT2D eigenvalue weighted by Crippen LogP contribution is 2.71. The average molecular weight is 110 g/mol. The van der Waals surface area contributed by atoms with Gasteiger partial charge in [0.05, 0.1) is 0 Å². The van der Waals surface area contributed by atoms with Crippen LogP contribution in [0.25, 0.3) is 0 Å². The maximum atomic E-state index is 2.45. The smallest absolute Gasteiger partial charge is 0.0266 e. The fourth-order valence-electron chi connectivity index (χ4n) is 2.41. The van der Waals surface area contributed by atoms with Crippen LogP contribution in [0.2, 0.25) is 0 Å². The maximum absolute atomic E-state index is 2.45. The lowest BCUT2D eigenvalue weighted by atomic mass is 9.73. The third-order valence-corrected chi connectivity index (χ3v) is 3.45. The van der Waals surface area contributed by atoms with Crippen molar-refractivity contribution in [1.82, 2.24) is 0 Å². The van der Waals surface area contributed by atoms with Crippen LogP contribution in [0.15, 0.2) is 0 Å². The number of fused-ring (bicyclic) bond motifs is 1. The lowest BCUT2D eigenvalue weighted by Gasteiger charge is -2.32. The summed E-state index contributed by atoms with van der Waals surface area (Å²) in [5.74, 6) is 2.26.